The molecule has 10 nitrogen and oxygen atoms in total. The van der Waals surface area contributed by atoms with Crippen LogP contribution in [0.4, 0.5) is 18.0 Å². The van der Waals surface area contributed by atoms with Crippen molar-refractivity contribution in [2.24, 2.45) is 7.05 Å². The molecule has 0 atom stereocenters. The minimum absolute atomic E-state index is 0.0163. The highest BCUT2D eigenvalue weighted by atomic mass is 19.4. The van der Waals surface area contributed by atoms with Crippen LogP contribution < -0.4 is 21.7 Å². The van der Waals surface area contributed by atoms with Crippen molar-refractivity contribution >= 4 is 17.3 Å². The number of fused-ring (bicyclic) bond motifs is 1. The van der Waals surface area contributed by atoms with Gasteiger partial charge in [-0.05, 0) is 36.2 Å². The molecule has 0 amide bonds. The number of aromatic nitrogens is 3. The molecule has 0 fully saturated rings. The van der Waals surface area contributed by atoms with Gasteiger partial charge < -0.3 is 14.3 Å². The molecule has 13 heteroatoms. The van der Waals surface area contributed by atoms with Gasteiger partial charge in [-0.1, -0.05) is 12.1 Å². The number of carboxylic acid groups (broad SMARTS) is 1. The third kappa shape index (κ3) is 4.23. The van der Waals surface area contributed by atoms with Gasteiger partial charge in [-0.3, -0.25) is 18.5 Å². The Bertz CT molecular complexity index is 1660. The second-order valence-corrected chi connectivity index (χ2v) is 7.57. The van der Waals surface area contributed by atoms with Crippen molar-refractivity contribution in [3.63, 3.8) is 0 Å². The Morgan fingerprint density at radius 3 is 2.51 bits per heavy atom. The van der Waals surface area contributed by atoms with Gasteiger partial charge in [0, 0.05) is 13.1 Å². The summed E-state index contributed by atoms with van der Waals surface area (Å²) >= 11 is 0. The lowest BCUT2D eigenvalue weighted by molar-refractivity contribution is -0.138. The fourth-order valence-corrected chi connectivity index (χ4v) is 3.67. The van der Waals surface area contributed by atoms with Crippen molar-refractivity contribution in [1.29, 1.82) is 0 Å². The van der Waals surface area contributed by atoms with Gasteiger partial charge in [0.1, 0.15) is 0 Å². The molecule has 0 saturated carbocycles. The predicted octanol–water partition coefficient (Wildman–Crippen LogP) is 2.88. The monoisotopic (exact) mass is 491 g/mol. The molecule has 182 valence electrons. The molecular weight excluding hydrogens is 475 g/mol. The minimum Gasteiger partial charge on any atom is -0.449 e. The van der Waals surface area contributed by atoms with Crippen LogP contribution in [0.2, 0.25) is 0 Å². The van der Waals surface area contributed by atoms with E-state index >= 15 is 0 Å². The highest BCUT2D eigenvalue weighted by Crippen LogP contribution is 2.33. The van der Waals surface area contributed by atoms with E-state index in [0.717, 1.165) is 22.9 Å². The normalized spacial score (nSPS) is 11.7. The smallest absolute Gasteiger partial charge is 0.449 e. The zero-order valence-electron chi connectivity index (χ0n) is 18.1. The molecule has 0 bridgehead atoms. The summed E-state index contributed by atoms with van der Waals surface area (Å²) < 4.78 is 52.2. The molecule has 0 saturated heterocycles. The van der Waals surface area contributed by atoms with Gasteiger partial charge in [0.25, 0.3) is 5.56 Å². The Hall–Kier alpha value is -4.55. The van der Waals surface area contributed by atoms with Crippen molar-refractivity contribution in [2.45, 2.75) is 19.6 Å². The number of ether oxygens (including phenoxy) is 1. The first-order valence-electron chi connectivity index (χ1n) is 9.91. The number of oxazole rings is 1. The third-order valence-corrected chi connectivity index (χ3v) is 5.47. The van der Waals surface area contributed by atoms with E-state index in [2.05, 4.69) is 4.74 Å². The van der Waals surface area contributed by atoms with Gasteiger partial charge in [0.15, 0.2) is 5.58 Å². The maximum absolute atomic E-state index is 13.3. The molecule has 4 aromatic rings. The average molecular weight is 491 g/mol. The van der Waals surface area contributed by atoms with E-state index in [0.29, 0.717) is 10.1 Å². The molecule has 0 aliphatic heterocycles. The standard InChI is InChI=1S/C22H16F3N3O7/c1-11-12(4-3-5-14(11)22(23,24)25)9-28-18(29)17(35-21(32)33)10-27(19(28)30)13-6-7-15-16(8-13)34-20(31)26(15)2/h3-8,10H,9H2,1-2H3,(H,32,33). The van der Waals surface area contributed by atoms with E-state index in [-0.39, 0.29) is 22.4 Å². The maximum Gasteiger partial charge on any atom is 0.511 e. The van der Waals surface area contributed by atoms with Gasteiger partial charge in [0.2, 0.25) is 5.75 Å². The highest BCUT2D eigenvalue weighted by molar-refractivity contribution is 5.75. The molecule has 2 aromatic carbocycles. The lowest BCUT2D eigenvalue weighted by Crippen LogP contribution is -2.40. The van der Waals surface area contributed by atoms with Gasteiger partial charge in [-0.25, -0.2) is 14.4 Å². The third-order valence-electron chi connectivity index (χ3n) is 5.47. The zero-order valence-corrected chi connectivity index (χ0v) is 18.1. The molecule has 2 heterocycles. The van der Waals surface area contributed by atoms with Crippen LogP contribution >= 0.6 is 0 Å². The Labute approximate surface area is 192 Å². The van der Waals surface area contributed by atoms with E-state index in [1.54, 1.807) is 0 Å². The highest BCUT2D eigenvalue weighted by Gasteiger charge is 2.33. The summed E-state index contributed by atoms with van der Waals surface area (Å²) in [7, 11) is 1.47. The lowest BCUT2D eigenvalue weighted by Gasteiger charge is -2.16. The van der Waals surface area contributed by atoms with Crippen LogP contribution in [0.25, 0.3) is 16.8 Å². The maximum atomic E-state index is 13.3. The SMILES string of the molecule is Cc1c(Cn2c(=O)c(OC(=O)O)cn(-c3ccc4c(c3)oc(=O)n4C)c2=O)cccc1C(F)(F)F. The van der Waals surface area contributed by atoms with Crippen LogP contribution in [0.5, 0.6) is 5.75 Å². The summed E-state index contributed by atoms with van der Waals surface area (Å²) in [6, 6.07) is 7.51. The quantitative estimate of drug-likeness (QED) is 0.435. The molecule has 0 aliphatic rings. The van der Waals surface area contributed by atoms with E-state index in [9.17, 15) is 32.3 Å². The van der Waals surface area contributed by atoms with Crippen molar-refractivity contribution in [2.75, 3.05) is 0 Å². The second-order valence-electron chi connectivity index (χ2n) is 7.57. The minimum atomic E-state index is -4.66. The first-order valence-corrected chi connectivity index (χ1v) is 9.91. The van der Waals surface area contributed by atoms with Crippen LogP contribution in [0.15, 0.2) is 61.4 Å². The summed E-state index contributed by atoms with van der Waals surface area (Å²) in [5.41, 5.74) is -2.67. The number of halogens is 3. The largest absolute Gasteiger partial charge is 0.511 e. The Morgan fingerprint density at radius 1 is 1.14 bits per heavy atom. The van der Waals surface area contributed by atoms with Crippen molar-refractivity contribution < 1.29 is 32.2 Å². The van der Waals surface area contributed by atoms with Gasteiger partial charge in [-0.15, -0.1) is 0 Å². The summed E-state index contributed by atoms with van der Waals surface area (Å²) in [5, 5.41) is 9.01. The van der Waals surface area contributed by atoms with E-state index in [1.165, 1.54) is 42.8 Å². The molecule has 0 unspecified atom stereocenters. The van der Waals surface area contributed by atoms with E-state index in [4.69, 9.17) is 9.52 Å². The summed E-state index contributed by atoms with van der Waals surface area (Å²) in [4.78, 5) is 49.0. The van der Waals surface area contributed by atoms with E-state index < -0.39 is 47.2 Å². The summed E-state index contributed by atoms with van der Waals surface area (Å²) in [5.74, 6) is -1.42. The van der Waals surface area contributed by atoms with Crippen LogP contribution in [-0.2, 0) is 19.8 Å². The molecule has 35 heavy (non-hydrogen) atoms. The number of alkyl halides is 3. The van der Waals surface area contributed by atoms with Crippen LogP contribution in [-0.4, -0.2) is 25.0 Å². The number of rotatable bonds is 4. The molecule has 0 spiro atoms. The van der Waals surface area contributed by atoms with Gasteiger partial charge >= 0.3 is 23.8 Å². The molecular formula is C22H16F3N3O7. The molecule has 4 rings (SSSR count). The fraction of sp³-hybridized carbons (Fsp3) is 0.182. The molecule has 0 aliphatic carbocycles. The second kappa shape index (κ2) is 8.34. The fourth-order valence-electron chi connectivity index (χ4n) is 3.67. The van der Waals surface area contributed by atoms with Crippen molar-refractivity contribution in [3.8, 4) is 11.4 Å². The van der Waals surface area contributed by atoms with Gasteiger partial charge in [-0.2, -0.15) is 13.2 Å². The number of nitrogens with zero attached hydrogens (tertiary/aromatic N) is 3. The first-order chi connectivity index (χ1) is 16.4. The predicted molar refractivity (Wildman–Crippen MR) is 115 cm³/mol. The topological polar surface area (TPSA) is 126 Å². The van der Waals surface area contributed by atoms with E-state index in [1.807, 2.05) is 0 Å². The Kier molecular flexibility index (Phi) is 5.63. The zero-order chi connectivity index (χ0) is 25.7. The summed E-state index contributed by atoms with van der Waals surface area (Å²) in [6.45, 7) is 0.609. The molecule has 0 radical (unpaired) electrons. The Morgan fingerprint density at radius 2 is 1.86 bits per heavy atom. The number of carbonyl (C=O) groups is 1. The van der Waals surface area contributed by atoms with Crippen LogP contribution in [0, 0.1) is 6.92 Å². The van der Waals surface area contributed by atoms with Gasteiger partial charge in [0.05, 0.1) is 29.5 Å². The van der Waals surface area contributed by atoms with Crippen molar-refractivity contribution in [1.82, 2.24) is 13.7 Å². The van der Waals surface area contributed by atoms with Crippen LogP contribution in [0.3, 0.4) is 0 Å². The molecule has 2 aromatic heterocycles. The Balaban J connectivity index is 1.93. The number of hydrogen-bond donors (Lipinski definition) is 1. The number of aryl methyl sites for hydroxylation is 1. The average Bonchev–Trinajstić information content (AvgIpc) is 3.06. The van der Waals surface area contributed by atoms with Crippen LogP contribution in [0.1, 0.15) is 16.7 Å². The number of hydrogen-bond acceptors (Lipinski definition) is 6. The summed E-state index contributed by atoms with van der Waals surface area (Å²) in [6.07, 6.45) is -5.65. The molecule has 1 N–H and O–H groups in total. The number of benzene rings is 2. The first kappa shape index (κ1) is 23.6. The lowest BCUT2D eigenvalue weighted by atomic mass is 10.0. The van der Waals surface area contributed by atoms with Crippen molar-refractivity contribution in [3.05, 3.63) is 90.7 Å².